The van der Waals surface area contributed by atoms with Crippen LogP contribution in [0.3, 0.4) is 0 Å². The molecule has 2 aromatic rings. The monoisotopic (exact) mass is 327 g/mol. The number of esters is 1. The molecule has 0 bridgehead atoms. The number of imidazole rings is 1. The second-order valence-electron chi connectivity index (χ2n) is 4.57. The molecule has 1 aromatic carbocycles. The van der Waals surface area contributed by atoms with Gasteiger partial charge in [0.2, 0.25) is 0 Å². The van der Waals surface area contributed by atoms with Crippen LogP contribution in [0.4, 0.5) is 0 Å². The fourth-order valence-electron chi connectivity index (χ4n) is 1.92. The van der Waals surface area contributed by atoms with E-state index in [4.69, 9.17) is 28.9 Å². The van der Waals surface area contributed by atoms with E-state index in [9.17, 15) is 4.79 Å². The van der Waals surface area contributed by atoms with Gasteiger partial charge in [-0.2, -0.15) is 0 Å². The lowest BCUT2D eigenvalue weighted by atomic mass is 10.2. The van der Waals surface area contributed by atoms with Gasteiger partial charge in [-0.25, -0.2) is 4.98 Å². The number of halogens is 2. The number of hydrogen-bond donors (Lipinski definition) is 1. The van der Waals surface area contributed by atoms with Crippen molar-refractivity contribution in [2.75, 3.05) is 7.11 Å². The summed E-state index contributed by atoms with van der Waals surface area (Å²) in [5.41, 5.74) is 7.23. The number of benzene rings is 1. The van der Waals surface area contributed by atoms with Gasteiger partial charge in [0, 0.05) is 28.2 Å². The molecule has 2 rings (SSSR count). The van der Waals surface area contributed by atoms with E-state index in [2.05, 4.69) is 9.72 Å². The molecule has 0 fully saturated rings. The van der Waals surface area contributed by atoms with Crippen LogP contribution in [0, 0.1) is 0 Å². The number of methoxy groups -OCH3 is 1. The molecule has 0 spiro atoms. The molecule has 0 saturated carbocycles. The minimum Gasteiger partial charge on any atom is -0.468 e. The predicted molar refractivity (Wildman–Crippen MR) is 81.5 cm³/mol. The Hall–Kier alpha value is -1.56. The van der Waals surface area contributed by atoms with Crippen LogP contribution >= 0.6 is 23.2 Å². The maximum Gasteiger partial charge on any atom is 0.323 e. The van der Waals surface area contributed by atoms with Crippen molar-refractivity contribution >= 4 is 29.2 Å². The van der Waals surface area contributed by atoms with E-state index in [1.807, 2.05) is 10.8 Å². The fraction of sp³-hybridized carbons (Fsp3) is 0.286. The first-order chi connectivity index (χ1) is 10.0. The second kappa shape index (κ2) is 6.93. The zero-order valence-corrected chi connectivity index (χ0v) is 12.9. The van der Waals surface area contributed by atoms with Gasteiger partial charge in [-0.15, -0.1) is 0 Å². The quantitative estimate of drug-likeness (QED) is 0.855. The molecule has 2 N–H and O–H groups in total. The third-order valence-electron chi connectivity index (χ3n) is 3.02. The molecule has 112 valence electrons. The lowest BCUT2D eigenvalue weighted by Crippen LogP contribution is -2.33. The zero-order chi connectivity index (χ0) is 15.4. The first kappa shape index (κ1) is 15.8. The van der Waals surface area contributed by atoms with Gasteiger partial charge < -0.3 is 15.0 Å². The summed E-state index contributed by atoms with van der Waals surface area (Å²) in [7, 11) is 1.31. The van der Waals surface area contributed by atoms with Crippen LogP contribution in [0.25, 0.3) is 0 Å². The van der Waals surface area contributed by atoms with Gasteiger partial charge in [0.15, 0.2) is 0 Å². The van der Waals surface area contributed by atoms with Crippen LogP contribution in [0.1, 0.15) is 11.3 Å². The van der Waals surface area contributed by atoms with Crippen molar-refractivity contribution in [2.45, 2.75) is 19.0 Å². The number of hydrogen-bond acceptors (Lipinski definition) is 4. The largest absolute Gasteiger partial charge is 0.468 e. The van der Waals surface area contributed by atoms with Crippen molar-refractivity contribution in [1.29, 1.82) is 0 Å². The summed E-state index contributed by atoms with van der Waals surface area (Å²) in [4.78, 5) is 15.5. The number of ether oxygens (including phenoxy) is 1. The average molecular weight is 328 g/mol. The molecule has 1 unspecified atom stereocenters. The Bertz CT molecular complexity index is 623. The summed E-state index contributed by atoms with van der Waals surface area (Å²) in [5.74, 6) is -0.460. The van der Waals surface area contributed by atoms with Crippen molar-refractivity contribution in [1.82, 2.24) is 9.55 Å². The Balaban J connectivity index is 2.08. The number of nitrogens with zero attached hydrogens (tertiary/aromatic N) is 2. The van der Waals surface area contributed by atoms with Crippen molar-refractivity contribution in [3.63, 3.8) is 0 Å². The van der Waals surface area contributed by atoms with Gasteiger partial charge in [0.25, 0.3) is 0 Å². The molecule has 0 radical (unpaired) electrons. The van der Waals surface area contributed by atoms with Gasteiger partial charge >= 0.3 is 5.97 Å². The number of rotatable bonds is 5. The second-order valence-corrected chi connectivity index (χ2v) is 5.39. The Kier molecular flexibility index (Phi) is 5.22. The van der Waals surface area contributed by atoms with E-state index in [0.717, 1.165) is 5.56 Å². The summed E-state index contributed by atoms with van der Waals surface area (Å²) in [6, 6.07) is 4.65. The van der Waals surface area contributed by atoms with Crippen molar-refractivity contribution < 1.29 is 9.53 Å². The van der Waals surface area contributed by atoms with Crippen LogP contribution in [0.2, 0.25) is 10.0 Å². The third-order valence-corrected chi connectivity index (χ3v) is 3.73. The molecule has 1 heterocycles. The molecular formula is C14H15Cl2N3O2. The summed E-state index contributed by atoms with van der Waals surface area (Å²) in [5, 5.41) is 1.20. The summed E-state index contributed by atoms with van der Waals surface area (Å²) in [6.45, 7) is 0.499. The molecule has 0 saturated heterocycles. The zero-order valence-electron chi connectivity index (χ0n) is 11.4. The number of carbonyl (C=O) groups excluding carboxylic acids is 1. The smallest absolute Gasteiger partial charge is 0.323 e. The van der Waals surface area contributed by atoms with Crippen molar-refractivity contribution in [3.05, 3.63) is 52.0 Å². The number of aromatic nitrogens is 2. The van der Waals surface area contributed by atoms with Gasteiger partial charge in [-0.05, 0) is 12.1 Å². The average Bonchev–Trinajstić information content (AvgIpc) is 2.89. The van der Waals surface area contributed by atoms with Crippen LogP contribution in [0.15, 0.2) is 30.7 Å². The SMILES string of the molecule is COC(=O)C(N)Cc1cn(Cc2c(Cl)cccc2Cl)cn1. The summed E-state index contributed by atoms with van der Waals surface area (Å²) < 4.78 is 6.42. The third kappa shape index (κ3) is 3.97. The molecule has 21 heavy (non-hydrogen) atoms. The van der Waals surface area contributed by atoms with Crippen LogP contribution in [-0.4, -0.2) is 28.7 Å². The highest BCUT2D eigenvalue weighted by Crippen LogP contribution is 2.25. The van der Waals surface area contributed by atoms with Gasteiger partial charge in [-0.1, -0.05) is 29.3 Å². The van der Waals surface area contributed by atoms with Gasteiger partial charge in [-0.3, -0.25) is 4.79 Å². The van der Waals surface area contributed by atoms with Crippen molar-refractivity contribution in [3.8, 4) is 0 Å². The molecule has 1 aromatic heterocycles. The topological polar surface area (TPSA) is 70.1 Å². The van der Waals surface area contributed by atoms with E-state index in [0.29, 0.717) is 28.7 Å². The van der Waals surface area contributed by atoms with E-state index in [-0.39, 0.29) is 0 Å². The highest BCUT2D eigenvalue weighted by molar-refractivity contribution is 6.35. The van der Waals surface area contributed by atoms with Crippen LogP contribution in [-0.2, 0) is 22.5 Å². The van der Waals surface area contributed by atoms with E-state index < -0.39 is 12.0 Å². The van der Waals surface area contributed by atoms with Crippen LogP contribution in [0.5, 0.6) is 0 Å². The maximum absolute atomic E-state index is 11.3. The Morgan fingerprint density at radius 2 is 2.10 bits per heavy atom. The van der Waals surface area contributed by atoms with E-state index in [1.165, 1.54) is 7.11 Å². The molecule has 0 aliphatic carbocycles. The lowest BCUT2D eigenvalue weighted by Gasteiger charge is -2.08. The number of nitrogens with two attached hydrogens (primary N) is 1. The van der Waals surface area contributed by atoms with Crippen molar-refractivity contribution in [2.24, 2.45) is 5.73 Å². The van der Waals surface area contributed by atoms with Gasteiger partial charge in [0.1, 0.15) is 6.04 Å². The summed E-state index contributed by atoms with van der Waals surface area (Å²) >= 11 is 12.3. The van der Waals surface area contributed by atoms with E-state index >= 15 is 0 Å². The predicted octanol–water partition coefficient (Wildman–Crippen LogP) is 2.28. The molecule has 7 heteroatoms. The molecule has 0 aliphatic rings. The molecule has 0 aliphatic heterocycles. The highest BCUT2D eigenvalue weighted by Gasteiger charge is 2.16. The minimum atomic E-state index is -0.720. The maximum atomic E-state index is 11.3. The molecule has 5 nitrogen and oxygen atoms in total. The number of carbonyl (C=O) groups is 1. The standard InChI is InChI=1S/C14H15Cl2N3O2/c1-21-14(20)13(17)5-9-6-19(8-18-9)7-10-11(15)3-2-4-12(10)16/h2-4,6,8,13H,5,7,17H2,1H3. The first-order valence-corrected chi connectivity index (χ1v) is 7.03. The Morgan fingerprint density at radius 1 is 1.43 bits per heavy atom. The highest BCUT2D eigenvalue weighted by atomic mass is 35.5. The first-order valence-electron chi connectivity index (χ1n) is 6.28. The van der Waals surface area contributed by atoms with Crippen LogP contribution < -0.4 is 5.73 Å². The van der Waals surface area contributed by atoms with E-state index in [1.54, 1.807) is 24.5 Å². The minimum absolute atomic E-state index is 0.315. The lowest BCUT2D eigenvalue weighted by molar-refractivity contribution is -0.142. The molecule has 0 amide bonds. The molecular weight excluding hydrogens is 313 g/mol. The van der Waals surface area contributed by atoms with Gasteiger partial charge in [0.05, 0.1) is 25.7 Å². The normalized spacial score (nSPS) is 12.2. The Labute approximate surface area is 132 Å². The Morgan fingerprint density at radius 3 is 2.71 bits per heavy atom. The summed E-state index contributed by atoms with van der Waals surface area (Å²) in [6.07, 6.45) is 3.78. The fourth-order valence-corrected chi connectivity index (χ4v) is 2.44. The molecule has 1 atom stereocenters.